The van der Waals surface area contributed by atoms with Crippen LogP contribution in [-0.4, -0.2) is 18.9 Å². The number of ether oxygens (including phenoxy) is 3. The first-order valence-corrected chi connectivity index (χ1v) is 9.20. The predicted octanol–water partition coefficient (Wildman–Crippen LogP) is 4.84. The number of benzene rings is 2. The van der Waals surface area contributed by atoms with Crippen molar-refractivity contribution in [3.05, 3.63) is 64.7 Å². The summed E-state index contributed by atoms with van der Waals surface area (Å²) in [6, 6.07) is 10.7. The number of carbonyl (C=O) groups excluding carboxylic acids is 2. The van der Waals surface area contributed by atoms with Crippen LogP contribution < -0.4 is 14.2 Å². The molecule has 0 radical (unpaired) electrons. The van der Waals surface area contributed by atoms with E-state index in [2.05, 4.69) is 6.08 Å². The summed E-state index contributed by atoms with van der Waals surface area (Å²) in [5.41, 5.74) is 3.61. The number of ketones is 1. The Morgan fingerprint density at radius 3 is 2.50 bits per heavy atom. The van der Waals surface area contributed by atoms with Crippen LogP contribution in [0.4, 0.5) is 0 Å². The summed E-state index contributed by atoms with van der Waals surface area (Å²) in [5.74, 6) is 1.36. The summed E-state index contributed by atoms with van der Waals surface area (Å²) in [5, 5.41) is 0. The molecule has 0 saturated carbocycles. The molecule has 1 aliphatic heterocycles. The molecule has 3 rings (SSSR count). The minimum Gasteiger partial charge on any atom is -0.496 e. The topological polar surface area (TPSA) is 61.8 Å². The van der Waals surface area contributed by atoms with Gasteiger partial charge in [-0.25, -0.2) is 0 Å². The van der Waals surface area contributed by atoms with Crippen LogP contribution in [-0.2, 0) is 11.2 Å². The van der Waals surface area contributed by atoms with E-state index in [0.29, 0.717) is 29.2 Å². The maximum Gasteiger partial charge on any atom is 0.308 e. The summed E-state index contributed by atoms with van der Waals surface area (Å²) in [6.45, 7) is 5.43. The molecule has 5 nitrogen and oxygen atoms in total. The van der Waals surface area contributed by atoms with Crippen molar-refractivity contribution in [3.8, 4) is 17.2 Å². The molecular formula is C23H24O5. The molecule has 1 heterocycles. The van der Waals surface area contributed by atoms with Gasteiger partial charge >= 0.3 is 5.97 Å². The quantitative estimate of drug-likeness (QED) is 0.422. The van der Waals surface area contributed by atoms with Gasteiger partial charge in [-0.15, -0.1) is 0 Å². The molecular weight excluding hydrogens is 356 g/mol. The molecule has 2 aromatic carbocycles. The van der Waals surface area contributed by atoms with Crippen molar-refractivity contribution in [2.24, 2.45) is 0 Å². The highest BCUT2D eigenvalue weighted by Gasteiger charge is 2.29. The van der Waals surface area contributed by atoms with E-state index in [1.54, 1.807) is 25.3 Å². The maximum atomic E-state index is 12.8. The fraction of sp³-hybridized carbons (Fsp3) is 0.304. The van der Waals surface area contributed by atoms with Crippen LogP contribution in [0.15, 0.2) is 48.0 Å². The molecule has 0 aliphatic carbocycles. The second kappa shape index (κ2) is 8.30. The van der Waals surface area contributed by atoms with Crippen LogP contribution in [0.3, 0.4) is 0 Å². The number of fused-ring (bicyclic) bond motifs is 1. The van der Waals surface area contributed by atoms with Gasteiger partial charge in [0.05, 0.1) is 19.1 Å². The minimum absolute atomic E-state index is 0.0383. The van der Waals surface area contributed by atoms with Crippen LogP contribution >= 0.6 is 0 Å². The zero-order chi connectivity index (χ0) is 20.3. The SMILES string of the molecule is COc1cc2c(cc1CC=C(C)C)C(=O)CC(c1ccc(OC(C)=O)cc1)O2. The van der Waals surface area contributed by atoms with Gasteiger partial charge in [-0.1, -0.05) is 23.8 Å². The van der Waals surface area contributed by atoms with E-state index in [4.69, 9.17) is 14.2 Å². The molecule has 0 bridgehead atoms. The largest absolute Gasteiger partial charge is 0.496 e. The molecule has 1 atom stereocenters. The van der Waals surface area contributed by atoms with Crippen molar-refractivity contribution in [2.75, 3.05) is 7.11 Å². The molecule has 0 spiro atoms. The Hall–Kier alpha value is -3.08. The molecule has 28 heavy (non-hydrogen) atoms. The molecule has 0 saturated heterocycles. The second-order valence-electron chi connectivity index (χ2n) is 7.04. The minimum atomic E-state index is -0.389. The fourth-order valence-electron chi connectivity index (χ4n) is 3.16. The Labute approximate surface area is 164 Å². The number of methoxy groups -OCH3 is 1. The summed E-state index contributed by atoms with van der Waals surface area (Å²) in [7, 11) is 1.61. The monoisotopic (exact) mass is 380 g/mol. The van der Waals surface area contributed by atoms with Gasteiger partial charge in [-0.3, -0.25) is 9.59 Å². The van der Waals surface area contributed by atoms with Gasteiger partial charge in [0.1, 0.15) is 23.4 Å². The standard InChI is InChI=1S/C23H24O5/c1-14(2)5-6-17-11-19-20(25)12-22(28-23(19)13-21(17)26-4)16-7-9-18(10-8-16)27-15(3)24/h5,7-11,13,22H,6,12H2,1-4H3. The fourth-order valence-corrected chi connectivity index (χ4v) is 3.16. The zero-order valence-electron chi connectivity index (χ0n) is 16.6. The van der Waals surface area contributed by atoms with Crippen LogP contribution in [0, 0.1) is 0 Å². The number of esters is 1. The molecule has 1 aliphatic rings. The van der Waals surface area contributed by atoms with E-state index in [-0.39, 0.29) is 24.3 Å². The molecule has 146 valence electrons. The molecule has 2 aromatic rings. The average Bonchev–Trinajstić information content (AvgIpc) is 2.65. The third-order valence-electron chi connectivity index (χ3n) is 4.57. The summed E-state index contributed by atoms with van der Waals surface area (Å²) >= 11 is 0. The lowest BCUT2D eigenvalue weighted by Crippen LogP contribution is -2.20. The lowest BCUT2D eigenvalue weighted by atomic mass is 9.94. The highest BCUT2D eigenvalue weighted by Crippen LogP contribution is 2.39. The van der Waals surface area contributed by atoms with Crippen molar-refractivity contribution >= 4 is 11.8 Å². The molecule has 0 aromatic heterocycles. The van der Waals surface area contributed by atoms with Gasteiger partial charge in [0.2, 0.25) is 0 Å². The molecule has 1 unspecified atom stereocenters. The number of rotatable bonds is 5. The van der Waals surface area contributed by atoms with Crippen molar-refractivity contribution in [3.63, 3.8) is 0 Å². The smallest absolute Gasteiger partial charge is 0.308 e. The molecule has 5 heteroatoms. The van der Waals surface area contributed by atoms with E-state index in [0.717, 1.165) is 11.1 Å². The van der Waals surface area contributed by atoms with Gasteiger partial charge in [0.15, 0.2) is 5.78 Å². The van der Waals surface area contributed by atoms with Gasteiger partial charge in [0.25, 0.3) is 0 Å². The first kappa shape index (κ1) is 19.7. The third-order valence-corrected chi connectivity index (χ3v) is 4.57. The van der Waals surface area contributed by atoms with E-state index < -0.39 is 0 Å². The molecule has 0 N–H and O–H groups in total. The lowest BCUT2D eigenvalue weighted by Gasteiger charge is -2.26. The first-order valence-electron chi connectivity index (χ1n) is 9.20. The highest BCUT2D eigenvalue weighted by molar-refractivity contribution is 6.00. The normalized spacial score (nSPS) is 15.3. The van der Waals surface area contributed by atoms with E-state index in [9.17, 15) is 9.59 Å². The van der Waals surface area contributed by atoms with Crippen molar-refractivity contribution < 1.29 is 23.8 Å². The summed E-state index contributed by atoms with van der Waals surface area (Å²) in [4.78, 5) is 23.8. The first-order chi connectivity index (χ1) is 13.4. The van der Waals surface area contributed by atoms with E-state index >= 15 is 0 Å². The van der Waals surface area contributed by atoms with Crippen LogP contribution in [0.5, 0.6) is 17.2 Å². The average molecular weight is 380 g/mol. The highest BCUT2D eigenvalue weighted by atomic mass is 16.5. The van der Waals surface area contributed by atoms with E-state index in [1.807, 2.05) is 32.0 Å². The lowest BCUT2D eigenvalue weighted by molar-refractivity contribution is -0.131. The van der Waals surface area contributed by atoms with Crippen molar-refractivity contribution in [1.29, 1.82) is 0 Å². The number of allylic oxidation sites excluding steroid dienone is 2. The van der Waals surface area contributed by atoms with Gasteiger partial charge in [0, 0.05) is 13.0 Å². The van der Waals surface area contributed by atoms with Crippen LogP contribution in [0.25, 0.3) is 0 Å². The zero-order valence-corrected chi connectivity index (χ0v) is 16.6. The van der Waals surface area contributed by atoms with Crippen molar-refractivity contribution in [2.45, 2.75) is 39.7 Å². The third kappa shape index (κ3) is 4.42. The van der Waals surface area contributed by atoms with Crippen molar-refractivity contribution in [1.82, 2.24) is 0 Å². The Bertz CT molecular complexity index is 921. The Morgan fingerprint density at radius 1 is 1.18 bits per heavy atom. The molecule has 0 fully saturated rings. The second-order valence-corrected chi connectivity index (χ2v) is 7.04. The number of hydrogen-bond acceptors (Lipinski definition) is 5. The Kier molecular flexibility index (Phi) is 5.83. The van der Waals surface area contributed by atoms with Gasteiger partial charge < -0.3 is 14.2 Å². The predicted molar refractivity (Wildman–Crippen MR) is 106 cm³/mol. The number of carbonyl (C=O) groups is 2. The Balaban J connectivity index is 1.87. The molecule has 0 amide bonds. The van der Waals surface area contributed by atoms with Gasteiger partial charge in [-0.05, 0) is 49.6 Å². The number of hydrogen-bond donors (Lipinski definition) is 0. The van der Waals surface area contributed by atoms with E-state index in [1.165, 1.54) is 12.5 Å². The Morgan fingerprint density at radius 2 is 1.89 bits per heavy atom. The summed E-state index contributed by atoms with van der Waals surface area (Å²) in [6.07, 6.45) is 2.67. The number of Topliss-reactive ketones (excluding diaryl/α,β-unsaturated/α-hetero) is 1. The maximum absolute atomic E-state index is 12.8. The van der Waals surface area contributed by atoms with Gasteiger partial charge in [-0.2, -0.15) is 0 Å². The van der Waals surface area contributed by atoms with Crippen LogP contribution in [0.2, 0.25) is 0 Å². The summed E-state index contributed by atoms with van der Waals surface area (Å²) < 4.78 is 16.7. The van der Waals surface area contributed by atoms with Crippen LogP contribution in [0.1, 0.15) is 54.8 Å².